The summed E-state index contributed by atoms with van der Waals surface area (Å²) in [5.74, 6) is 0.810. The van der Waals surface area contributed by atoms with Crippen LogP contribution in [0, 0.1) is 5.92 Å². The molecule has 0 radical (unpaired) electrons. The van der Waals surface area contributed by atoms with Crippen LogP contribution in [-0.2, 0) is 4.79 Å². The van der Waals surface area contributed by atoms with E-state index in [1.165, 1.54) is 5.56 Å². The number of hydrogen-bond donors (Lipinski definition) is 2. The standard InChI is InChI=1S/C32H27N5O2S2/c38-26(39)14-19-6-8-21(9-7-19)25-15-40-30-27(33-17-34-28(25)30)22-10-12-23(13-11-22)37-32-31-29(35-18-36-32)24(16-41-31)20-4-2-1-3-5-20/h1-5,10-13,15-19,21H,6-9,14H2,(H,38,39)(H,35,36,37). The molecular formula is C32H27N5O2S2. The second-order valence-corrected chi connectivity index (χ2v) is 12.3. The van der Waals surface area contributed by atoms with Crippen molar-refractivity contribution in [2.75, 3.05) is 5.32 Å². The molecular weight excluding hydrogens is 551 g/mol. The monoisotopic (exact) mass is 577 g/mol. The Labute approximate surface area is 245 Å². The highest BCUT2D eigenvalue weighted by Gasteiger charge is 2.26. The average molecular weight is 578 g/mol. The Bertz CT molecular complexity index is 1840. The molecule has 1 aliphatic rings. The Morgan fingerprint density at radius 2 is 1.54 bits per heavy atom. The van der Waals surface area contributed by atoms with Crippen molar-refractivity contribution in [3.8, 4) is 22.4 Å². The van der Waals surface area contributed by atoms with Gasteiger partial charge in [-0.2, -0.15) is 0 Å². The van der Waals surface area contributed by atoms with Crippen molar-refractivity contribution in [3.05, 3.63) is 83.6 Å². The van der Waals surface area contributed by atoms with E-state index in [9.17, 15) is 4.79 Å². The Hall–Kier alpha value is -4.21. The van der Waals surface area contributed by atoms with Gasteiger partial charge in [0.05, 0.1) is 26.1 Å². The molecule has 0 amide bonds. The normalized spacial score (nSPS) is 17.2. The number of benzene rings is 2. The number of carboxylic acid groups (broad SMARTS) is 1. The maximum Gasteiger partial charge on any atom is 0.303 e. The van der Waals surface area contributed by atoms with E-state index in [2.05, 4.69) is 72.4 Å². The summed E-state index contributed by atoms with van der Waals surface area (Å²) in [5, 5.41) is 17.0. The van der Waals surface area contributed by atoms with E-state index >= 15 is 0 Å². The molecule has 0 atom stereocenters. The third-order valence-electron chi connectivity index (χ3n) is 7.99. The van der Waals surface area contributed by atoms with E-state index in [1.54, 1.807) is 35.3 Å². The first-order valence-electron chi connectivity index (χ1n) is 13.7. The number of hydrogen-bond acceptors (Lipinski definition) is 8. The lowest BCUT2D eigenvalue weighted by Gasteiger charge is -2.27. The van der Waals surface area contributed by atoms with Crippen LogP contribution in [0.15, 0.2) is 78.0 Å². The summed E-state index contributed by atoms with van der Waals surface area (Å²) in [6.45, 7) is 0. The fourth-order valence-corrected chi connectivity index (χ4v) is 7.99. The van der Waals surface area contributed by atoms with Gasteiger partial charge in [0.25, 0.3) is 0 Å². The van der Waals surface area contributed by atoms with E-state index in [-0.39, 0.29) is 12.3 Å². The molecule has 4 aromatic heterocycles. The quantitative estimate of drug-likeness (QED) is 0.196. The van der Waals surface area contributed by atoms with Crippen molar-refractivity contribution >= 4 is 60.6 Å². The van der Waals surface area contributed by atoms with E-state index in [4.69, 9.17) is 5.11 Å². The van der Waals surface area contributed by atoms with Gasteiger partial charge in [0.1, 0.15) is 12.7 Å². The maximum absolute atomic E-state index is 11.1. The lowest BCUT2D eigenvalue weighted by molar-refractivity contribution is -0.138. The molecule has 6 aromatic rings. The number of nitrogens with zero attached hydrogens (tertiary/aromatic N) is 4. The smallest absolute Gasteiger partial charge is 0.303 e. The van der Waals surface area contributed by atoms with E-state index in [0.29, 0.717) is 5.92 Å². The van der Waals surface area contributed by atoms with Gasteiger partial charge in [-0.3, -0.25) is 4.79 Å². The Balaban J connectivity index is 1.12. The summed E-state index contributed by atoms with van der Waals surface area (Å²) < 4.78 is 2.12. The van der Waals surface area contributed by atoms with Crippen LogP contribution in [0.4, 0.5) is 11.5 Å². The molecule has 1 aliphatic carbocycles. The first-order valence-corrected chi connectivity index (χ1v) is 15.5. The van der Waals surface area contributed by atoms with Gasteiger partial charge in [0.15, 0.2) is 5.82 Å². The van der Waals surface area contributed by atoms with Crippen LogP contribution in [-0.4, -0.2) is 31.0 Å². The Kier molecular flexibility index (Phi) is 6.90. The highest BCUT2D eigenvalue weighted by molar-refractivity contribution is 7.18. The van der Waals surface area contributed by atoms with Crippen LogP contribution in [0.2, 0.25) is 0 Å². The molecule has 0 saturated heterocycles. The number of aromatic nitrogens is 4. The van der Waals surface area contributed by atoms with Crippen LogP contribution in [0.5, 0.6) is 0 Å². The molecule has 9 heteroatoms. The number of carbonyl (C=O) groups is 1. The maximum atomic E-state index is 11.1. The minimum absolute atomic E-state index is 0.276. The third-order valence-corrected chi connectivity index (χ3v) is 9.96. The zero-order valence-corrected chi connectivity index (χ0v) is 23.8. The van der Waals surface area contributed by atoms with Crippen LogP contribution in [0.1, 0.15) is 43.6 Å². The van der Waals surface area contributed by atoms with E-state index in [1.807, 2.05) is 18.2 Å². The van der Waals surface area contributed by atoms with Crippen molar-refractivity contribution in [1.82, 2.24) is 19.9 Å². The molecule has 2 N–H and O–H groups in total. The highest BCUT2D eigenvalue weighted by atomic mass is 32.1. The van der Waals surface area contributed by atoms with Crippen LogP contribution >= 0.6 is 22.7 Å². The van der Waals surface area contributed by atoms with Gasteiger partial charge in [0.2, 0.25) is 0 Å². The molecule has 7 nitrogen and oxygen atoms in total. The molecule has 1 saturated carbocycles. The lowest BCUT2D eigenvalue weighted by atomic mass is 9.78. The van der Waals surface area contributed by atoms with Gasteiger partial charge in [-0.25, -0.2) is 19.9 Å². The number of carboxylic acids is 1. The predicted molar refractivity (Wildman–Crippen MR) is 166 cm³/mol. The third kappa shape index (κ3) is 5.07. The van der Waals surface area contributed by atoms with Crippen molar-refractivity contribution in [3.63, 3.8) is 0 Å². The fourth-order valence-electron chi connectivity index (χ4n) is 5.90. The summed E-state index contributed by atoms with van der Waals surface area (Å²) in [7, 11) is 0. The molecule has 204 valence electrons. The number of aliphatic carboxylic acids is 1. The molecule has 1 fully saturated rings. The molecule has 4 heterocycles. The van der Waals surface area contributed by atoms with E-state index in [0.717, 1.165) is 80.0 Å². The van der Waals surface area contributed by atoms with Gasteiger partial charge in [0, 0.05) is 28.6 Å². The molecule has 0 spiro atoms. The molecule has 41 heavy (non-hydrogen) atoms. The summed E-state index contributed by atoms with van der Waals surface area (Å²) in [6.07, 6.45) is 7.49. The Morgan fingerprint density at radius 1 is 0.805 bits per heavy atom. The number of nitrogens with one attached hydrogen (secondary N) is 1. The van der Waals surface area contributed by atoms with Crippen LogP contribution in [0.25, 0.3) is 42.8 Å². The van der Waals surface area contributed by atoms with Gasteiger partial charge in [-0.05, 0) is 66.2 Å². The fraction of sp³-hybridized carbons (Fsp3) is 0.219. The number of anilines is 2. The highest BCUT2D eigenvalue weighted by Crippen LogP contribution is 2.43. The number of thiophene rings is 2. The van der Waals surface area contributed by atoms with Crippen LogP contribution < -0.4 is 5.32 Å². The lowest BCUT2D eigenvalue weighted by Crippen LogP contribution is -2.16. The van der Waals surface area contributed by atoms with Crippen LogP contribution in [0.3, 0.4) is 0 Å². The number of rotatable bonds is 7. The van der Waals surface area contributed by atoms with Crippen molar-refractivity contribution in [2.45, 2.75) is 38.0 Å². The molecule has 2 aromatic carbocycles. The topological polar surface area (TPSA) is 101 Å². The SMILES string of the molecule is O=C(O)CC1CCC(c2csc3c(-c4ccc(Nc5ncnc6c(-c7ccccc7)csc56)cc4)ncnc23)CC1. The van der Waals surface area contributed by atoms with Gasteiger partial charge < -0.3 is 10.4 Å². The molecule has 0 unspecified atom stereocenters. The average Bonchev–Trinajstić information content (AvgIpc) is 3.64. The van der Waals surface area contributed by atoms with Gasteiger partial charge in [-0.15, -0.1) is 22.7 Å². The minimum Gasteiger partial charge on any atom is -0.481 e. The first kappa shape index (κ1) is 25.7. The first-order chi connectivity index (χ1) is 20.1. The summed E-state index contributed by atoms with van der Waals surface area (Å²) in [5.41, 5.74) is 8.43. The van der Waals surface area contributed by atoms with Gasteiger partial charge >= 0.3 is 5.97 Å². The summed E-state index contributed by atoms with van der Waals surface area (Å²) >= 11 is 3.34. The van der Waals surface area contributed by atoms with Crippen molar-refractivity contribution in [1.29, 1.82) is 0 Å². The van der Waals surface area contributed by atoms with Crippen molar-refractivity contribution in [2.24, 2.45) is 5.92 Å². The zero-order valence-electron chi connectivity index (χ0n) is 22.2. The zero-order chi connectivity index (χ0) is 27.8. The summed E-state index contributed by atoms with van der Waals surface area (Å²) in [6, 6.07) is 18.6. The Morgan fingerprint density at radius 3 is 2.32 bits per heavy atom. The second kappa shape index (κ2) is 11.0. The number of fused-ring (bicyclic) bond motifs is 2. The predicted octanol–water partition coefficient (Wildman–Crippen LogP) is 8.52. The minimum atomic E-state index is -0.693. The second-order valence-electron chi connectivity index (χ2n) is 10.5. The molecule has 0 bridgehead atoms. The largest absolute Gasteiger partial charge is 0.481 e. The molecule has 7 rings (SSSR count). The van der Waals surface area contributed by atoms with Crippen molar-refractivity contribution < 1.29 is 9.90 Å². The van der Waals surface area contributed by atoms with E-state index < -0.39 is 5.97 Å². The summed E-state index contributed by atoms with van der Waals surface area (Å²) in [4.78, 5) is 29.6. The van der Waals surface area contributed by atoms with Gasteiger partial charge in [-0.1, -0.05) is 42.5 Å². The molecule has 0 aliphatic heterocycles.